The van der Waals surface area contributed by atoms with Crippen molar-refractivity contribution in [1.29, 1.82) is 0 Å². The number of aryl methyl sites for hydroxylation is 2. The van der Waals surface area contributed by atoms with Gasteiger partial charge in [0.25, 0.3) is 0 Å². The zero-order valence-electron chi connectivity index (χ0n) is 6.53. The molecule has 0 bridgehead atoms. The number of hydrogen-bond donors (Lipinski definition) is 1. The Balaban J connectivity index is 0.000001000. The molecule has 1 rings (SSSR count). The molecule has 0 aliphatic carbocycles. The van der Waals surface area contributed by atoms with Crippen LogP contribution in [0.1, 0.15) is 12.2 Å². The van der Waals surface area contributed by atoms with Crippen LogP contribution < -0.4 is 5.73 Å². The molecule has 0 atom stereocenters. The highest BCUT2D eigenvalue weighted by Gasteiger charge is 1.96. The topological polar surface area (TPSA) is 56.7 Å². The molecular formula is C6H13ClN4. The SMILES string of the molecule is Cl.Cn1ncnc1CCCN. The number of aromatic nitrogens is 3. The first-order valence-electron chi connectivity index (χ1n) is 3.37. The Morgan fingerprint density at radius 1 is 1.64 bits per heavy atom. The zero-order chi connectivity index (χ0) is 7.40. The van der Waals surface area contributed by atoms with Gasteiger partial charge in [0, 0.05) is 13.5 Å². The van der Waals surface area contributed by atoms with Gasteiger partial charge in [0.2, 0.25) is 0 Å². The Morgan fingerprint density at radius 3 is 2.82 bits per heavy atom. The average Bonchev–Trinajstić information content (AvgIpc) is 2.31. The summed E-state index contributed by atoms with van der Waals surface area (Å²) in [4.78, 5) is 4.05. The van der Waals surface area contributed by atoms with E-state index in [0.29, 0.717) is 6.54 Å². The molecule has 0 aliphatic rings. The molecule has 0 fully saturated rings. The Bertz CT molecular complexity index is 198. The van der Waals surface area contributed by atoms with Crippen LogP contribution >= 0.6 is 12.4 Å². The summed E-state index contributed by atoms with van der Waals surface area (Å²) in [6, 6.07) is 0. The second-order valence-electron chi connectivity index (χ2n) is 2.19. The summed E-state index contributed by atoms with van der Waals surface area (Å²) < 4.78 is 1.77. The molecule has 5 heteroatoms. The molecule has 64 valence electrons. The Labute approximate surface area is 72.2 Å². The largest absolute Gasteiger partial charge is 0.330 e. The first-order chi connectivity index (χ1) is 4.84. The number of nitrogens with zero attached hydrogens (tertiary/aromatic N) is 3. The molecule has 0 aliphatic heterocycles. The average molecular weight is 177 g/mol. The van der Waals surface area contributed by atoms with Crippen LogP contribution in [0.4, 0.5) is 0 Å². The Hall–Kier alpha value is -0.610. The molecule has 1 aromatic heterocycles. The summed E-state index contributed by atoms with van der Waals surface area (Å²) >= 11 is 0. The molecule has 0 aromatic carbocycles. The molecule has 0 radical (unpaired) electrons. The molecule has 0 spiro atoms. The summed E-state index contributed by atoms with van der Waals surface area (Å²) in [6.07, 6.45) is 3.46. The minimum atomic E-state index is 0. The van der Waals surface area contributed by atoms with Crippen molar-refractivity contribution in [1.82, 2.24) is 14.8 Å². The van der Waals surface area contributed by atoms with E-state index in [0.717, 1.165) is 18.7 Å². The number of hydrogen-bond acceptors (Lipinski definition) is 3. The molecule has 0 amide bonds. The van der Waals surface area contributed by atoms with Gasteiger partial charge in [-0.1, -0.05) is 0 Å². The summed E-state index contributed by atoms with van der Waals surface area (Å²) in [5, 5.41) is 3.93. The fourth-order valence-electron chi connectivity index (χ4n) is 0.807. The van der Waals surface area contributed by atoms with Gasteiger partial charge in [0.15, 0.2) is 0 Å². The molecule has 1 aromatic rings. The van der Waals surface area contributed by atoms with Crippen molar-refractivity contribution in [3.63, 3.8) is 0 Å². The Morgan fingerprint density at radius 2 is 2.36 bits per heavy atom. The van der Waals surface area contributed by atoms with E-state index in [1.807, 2.05) is 7.05 Å². The standard InChI is InChI=1S/C6H12N4.ClH/c1-10-6(3-2-4-7)8-5-9-10;/h5H,2-4,7H2,1H3;1H. The summed E-state index contributed by atoms with van der Waals surface area (Å²) in [5.74, 6) is 1.01. The fraction of sp³-hybridized carbons (Fsp3) is 0.667. The second-order valence-corrected chi connectivity index (χ2v) is 2.19. The maximum absolute atomic E-state index is 5.34. The van der Waals surface area contributed by atoms with Crippen LogP contribution in [-0.4, -0.2) is 21.3 Å². The van der Waals surface area contributed by atoms with Crippen LogP contribution in [0, 0.1) is 0 Å². The van der Waals surface area contributed by atoms with Crippen molar-refractivity contribution < 1.29 is 0 Å². The lowest BCUT2D eigenvalue weighted by Gasteiger charge is -1.96. The van der Waals surface area contributed by atoms with E-state index in [-0.39, 0.29) is 12.4 Å². The zero-order valence-corrected chi connectivity index (χ0v) is 7.34. The van der Waals surface area contributed by atoms with Gasteiger partial charge >= 0.3 is 0 Å². The van der Waals surface area contributed by atoms with E-state index in [1.165, 1.54) is 0 Å². The smallest absolute Gasteiger partial charge is 0.138 e. The second kappa shape index (κ2) is 5.09. The van der Waals surface area contributed by atoms with Crippen LogP contribution in [0.25, 0.3) is 0 Å². The highest BCUT2D eigenvalue weighted by Crippen LogP contribution is 1.93. The molecular weight excluding hydrogens is 164 g/mol. The lowest BCUT2D eigenvalue weighted by atomic mass is 10.3. The summed E-state index contributed by atoms with van der Waals surface area (Å²) in [7, 11) is 1.89. The van der Waals surface area contributed by atoms with Crippen LogP contribution in [-0.2, 0) is 13.5 Å². The van der Waals surface area contributed by atoms with Gasteiger partial charge in [-0.25, -0.2) is 4.98 Å². The van der Waals surface area contributed by atoms with Crippen LogP contribution in [0.5, 0.6) is 0 Å². The van der Waals surface area contributed by atoms with Gasteiger partial charge in [-0.15, -0.1) is 12.4 Å². The van der Waals surface area contributed by atoms with Gasteiger partial charge in [-0.05, 0) is 13.0 Å². The third-order valence-electron chi connectivity index (χ3n) is 1.41. The molecule has 1 heterocycles. The Kier molecular flexibility index (Phi) is 4.81. The third-order valence-corrected chi connectivity index (χ3v) is 1.41. The quantitative estimate of drug-likeness (QED) is 0.712. The molecule has 2 N–H and O–H groups in total. The van der Waals surface area contributed by atoms with Crippen molar-refractivity contribution in [2.45, 2.75) is 12.8 Å². The molecule has 0 unspecified atom stereocenters. The van der Waals surface area contributed by atoms with Crippen molar-refractivity contribution >= 4 is 12.4 Å². The minimum absolute atomic E-state index is 0. The molecule has 0 saturated heterocycles. The summed E-state index contributed by atoms with van der Waals surface area (Å²) in [6.45, 7) is 0.715. The van der Waals surface area contributed by atoms with E-state index in [9.17, 15) is 0 Å². The summed E-state index contributed by atoms with van der Waals surface area (Å²) in [5.41, 5.74) is 5.34. The van der Waals surface area contributed by atoms with Crippen LogP contribution in [0.15, 0.2) is 6.33 Å². The van der Waals surface area contributed by atoms with E-state index >= 15 is 0 Å². The number of rotatable bonds is 3. The van der Waals surface area contributed by atoms with Gasteiger partial charge in [0.05, 0.1) is 0 Å². The maximum atomic E-state index is 5.34. The van der Waals surface area contributed by atoms with E-state index in [1.54, 1.807) is 11.0 Å². The lowest BCUT2D eigenvalue weighted by Crippen LogP contribution is -2.04. The molecule has 11 heavy (non-hydrogen) atoms. The van der Waals surface area contributed by atoms with Crippen molar-refractivity contribution in [2.75, 3.05) is 6.54 Å². The monoisotopic (exact) mass is 176 g/mol. The van der Waals surface area contributed by atoms with E-state index < -0.39 is 0 Å². The first-order valence-corrected chi connectivity index (χ1v) is 3.37. The van der Waals surface area contributed by atoms with Gasteiger partial charge in [-0.2, -0.15) is 5.10 Å². The van der Waals surface area contributed by atoms with Crippen LogP contribution in [0.2, 0.25) is 0 Å². The molecule has 4 nitrogen and oxygen atoms in total. The maximum Gasteiger partial charge on any atom is 0.138 e. The predicted molar refractivity (Wildman–Crippen MR) is 45.6 cm³/mol. The fourth-order valence-corrected chi connectivity index (χ4v) is 0.807. The van der Waals surface area contributed by atoms with Gasteiger partial charge in [-0.3, -0.25) is 4.68 Å². The van der Waals surface area contributed by atoms with E-state index in [4.69, 9.17) is 5.73 Å². The predicted octanol–water partition coefficient (Wildman–Crippen LogP) is 0.128. The van der Waals surface area contributed by atoms with Gasteiger partial charge in [0.1, 0.15) is 12.2 Å². The minimum Gasteiger partial charge on any atom is -0.330 e. The van der Waals surface area contributed by atoms with E-state index in [2.05, 4.69) is 10.1 Å². The van der Waals surface area contributed by atoms with Crippen LogP contribution in [0.3, 0.4) is 0 Å². The third kappa shape index (κ3) is 2.86. The van der Waals surface area contributed by atoms with Crippen molar-refractivity contribution in [3.8, 4) is 0 Å². The highest BCUT2D eigenvalue weighted by atomic mass is 35.5. The lowest BCUT2D eigenvalue weighted by molar-refractivity contribution is 0.674. The van der Waals surface area contributed by atoms with Crippen molar-refractivity contribution in [3.05, 3.63) is 12.2 Å². The number of halogens is 1. The first kappa shape index (κ1) is 10.4. The normalized spacial score (nSPS) is 9.27. The van der Waals surface area contributed by atoms with Gasteiger partial charge < -0.3 is 5.73 Å². The number of nitrogens with two attached hydrogens (primary N) is 1. The van der Waals surface area contributed by atoms with Crippen molar-refractivity contribution in [2.24, 2.45) is 12.8 Å². The molecule has 0 saturated carbocycles. The highest BCUT2D eigenvalue weighted by molar-refractivity contribution is 5.85.